The lowest BCUT2D eigenvalue weighted by Gasteiger charge is -2.14. The molecule has 11 heteroatoms. The van der Waals surface area contributed by atoms with Crippen LogP contribution in [-0.4, -0.2) is 18.9 Å². The van der Waals surface area contributed by atoms with E-state index >= 15 is 0 Å². The molecule has 2 N–H and O–H groups in total. The second kappa shape index (κ2) is 10.2. The molecule has 3 aromatic rings. The molecule has 36 heavy (non-hydrogen) atoms. The number of nitrogens with zero attached hydrogens (tertiary/aromatic N) is 4. The Hall–Kier alpha value is -3.50. The quantitative estimate of drug-likeness (QED) is 0.450. The van der Waals surface area contributed by atoms with Crippen molar-refractivity contribution in [3.05, 3.63) is 74.2 Å². The van der Waals surface area contributed by atoms with Gasteiger partial charge in [-0.2, -0.15) is 18.3 Å². The Morgan fingerprint density at radius 2 is 1.81 bits per heavy atom. The lowest BCUT2D eigenvalue weighted by Crippen LogP contribution is -2.40. The summed E-state index contributed by atoms with van der Waals surface area (Å²) < 4.78 is 43.6. The first-order valence-corrected chi connectivity index (χ1v) is 12.2. The minimum Gasteiger partial charge on any atom is -0.354 e. The van der Waals surface area contributed by atoms with Crippen molar-refractivity contribution >= 4 is 11.5 Å². The molecule has 3 heterocycles. The second-order valence-corrected chi connectivity index (χ2v) is 9.34. The normalized spacial score (nSPS) is 15.9. The van der Waals surface area contributed by atoms with Crippen LogP contribution in [0.1, 0.15) is 56.5 Å². The first-order valence-electron chi connectivity index (χ1n) is 12.2. The van der Waals surface area contributed by atoms with Gasteiger partial charge in [-0.25, -0.2) is 4.79 Å². The van der Waals surface area contributed by atoms with Crippen LogP contribution in [0.2, 0.25) is 0 Å². The van der Waals surface area contributed by atoms with Gasteiger partial charge in [0.05, 0.1) is 11.8 Å². The number of aromatic nitrogens is 4. The summed E-state index contributed by atoms with van der Waals surface area (Å²) in [5, 5.41) is 10.9. The van der Waals surface area contributed by atoms with Gasteiger partial charge in [-0.05, 0) is 36.8 Å². The van der Waals surface area contributed by atoms with Crippen molar-refractivity contribution in [3.63, 3.8) is 0 Å². The lowest BCUT2D eigenvalue weighted by atomic mass is 9.99. The number of hydrogen-bond acceptors (Lipinski definition) is 5. The van der Waals surface area contributed by atoms with Crippen molar-refractivity contribution in [2.75, 3.05) is 10.6 Å². The topological polar surface area (TPSA) is 85.9 Å². The van der Waals surface area contributed by atoms with Gasteiger partial charge in [0.25, 0.3) is 5.56 Å². The molecule has 2 atom stereocenters. The van der Waals surface area contributed by atoms with Crippen LogP contribution in [0.25, 0.3) is 0 Å². The van der Waals surface area contributed by atoms with Crippen LogP contribution in [0, 0.1) is 5.92 Å². The van der Waals surface area contributed by atoms with Gasteiger partial charge in [-0.1, -0.05) is 39.0 Å². The Morgan fingerprint density at radius 1 is 1.08 bits per heavy atom. The maximum atomic E-state index is 13.0. The third kappa shape index (κ3) is 5.19. The zero-order valence-corrected chi connectivity index (χ0v) is 20.6. The van der Waals surface area contributed by atoms with E-state index in [9.17, 15) is 22.8 Å². The van der Waals surface area contributed by atoms with Crippen LogP contribution in [0.4, 0.5) is 24.7 Å². The van der Waals surface area contributed by atoms with Gasteiger partial charge >= 0.3 is 11.9 Å². The molecule has 0 amide bonds. The molecule has 1 aliphatic heterocycles. The number of rotatable bonds is 9. The molecule has 2 aromatic heterocycles. The van der Waals surface area contributed by atoms with Crippen LogP contribution in [0.5, 0.6) is 0 Å². The van der Waals surface area contributed by atoms with Gasteiger partial charge in [-0.15, -0.1) is 0 Å². The van der Waals surface area contributed by atoms with Crippen molar-refractivity contribution in [2.45, 2.75) is 72.0 Å². The summed E-state index contributed by atoms with van der Waals surface area (Å²) in [7, 11) is 0. The average molecular weight is 505 g/mol. The number of anilines is 2. The van der Waals surface area contributed by atoms with E-state index in [4.69, 9.17) is 0 Å². The smallest absolute Gasteiger partial charge is 0.354 e. The van der Waals surface area contributed by atoms with Crippen molar-refractivity contribution in [1.29, 1.82) is 0 Å². The maximum Gasteiger partial charge on any atom is 0.416 e. The summed E-state index contributed by atoms with van der Waals surface area (Å²) in [6.07, 6.45) is 0.612. The molecule has 0 bridgehead atoms. The fraction of sp³-hybridized carbons (Fsp3) is 0.480. The van der Waals surface area contributed by atoms with Crippen LogP contribution in [-0.2, 0) is 32.2 Å². The molecule has 1 aliphatic rings. The minimum atomic E-state index is -4.36. The van der Waals surface area contributed by atoms with Crippen LogP contribution < -0.4 is 21.9 Å². The molecular formula is C25H31F3N6O2. The fourth-order valence-electron chi connectivity index (χ4n) is 4.60. The zero-order valence-electron chi connectivity index (χ0n) is 20.6. The predicted octanol–water partition coefficient (Wildman–Crippen LogP) is 4.46. The Labute approximate surface area is 206 Å². The van der Waals surface area contributed by atoms with E-state index in [-0.39, 0.29) is 17.2 Å². The molecule has 0 radical (unpaired) electrons. The summed E-state index contributed by atoms with van der Waals surface area (Å²) >= 11 is 0. The number of fused-ring (bicyclic) bond motifs is 1. The fourth-order valence-corrected chi connectivity index (χ4v) is 4.60. The van der Waals surface area contributed by atoms with Crippen molar-refractivity contribution < 1.29 is 13.2 Å². The van der Waals surface area contributed by atoms with Crippen LogP contribution in [0.3, 0.4) is 0 Å². The molecule has 0 saturated heterocycles. The molecule has 194 valence electrons. The first-order chi connectivity index (χ1) is 17.1. The minimum absolute atomic E-state index is 0.0407. The van der Waals surface area contributed by atoms with E-state index in [0.717, 1.165) is 18.1 Å². The highest BCUT2D eigenvalue weighted by Crippen LogP contribution is 2.32. The molecule has 1 aromatic carbocycles. The Morgan fingerprint density at radius 3 is 2.50 bits per heavy atom. The summed E-state index contributed by atoms with van der Waals surface area (Å²) in [5.41, 5.74) is 0.460. The largest absolute Gasteiger partial charge is 0.416 e. The van der Waals surface area contributed by atoms with Crippen molar-refractivity contribution in [1.82, 2.24) is 18.9 Å². The van der Waals surface area contributed by atoms with Gasteiger partial charge in [0.1, 0.15) is 17.7 Å². The molecular weight excluding hydrogens is 473 g/mol. The van der Waals surface area contributed by atoms with Crippen LogP contribution >= 0.6 is 0 Å². The maximum absolute atomic E-state index is 13.0. The third-order valence-corrected chi connectivity index (χ3v) is 6.22. The lowest BCUT2D eigenvalue weighted by molar-refractivity contribution is -0.137. The SMILES string of the molecule is CCCn1c2c(c(=O)n(CCC)c1=O)NC(c1cnn(CC(C)Cc3cccc(C(F)(F)F)c3)c1)N2. The molecule has 2 unspecified atom stereocenters. The van der Waals surface area contributed by atoms with E-state index in [2.05, 4.69) is 15.7 Å². The van der Waals surface area contributed by atoms with E-state index in [0.29, 0.717) is 49.5 Å². The summed E-state index contributed by atoms with van der Waals surface area (Å²) in [4.78, 5) is 25.9. The summed E-state index contributed by atoms with van der Waals surface area (Å²) in [6, 6.07) is 5.39. The van der Waals surface area contributed by atoms with Gasteiger partial charge in [0.15, 0.2) is 0 Å². The molecule has 0 spiro atoms. The van der Waals surface area contributed by atoms with Crippen molar-refractivity contribution in [3.8, 4) is 0 Å². The number of halogens is 3. The van der Waals surface area contributed by atoms with Crippen molar-refractivity contribution in [2.24, 2.45) is 5.92 Å². The Balaban J connectivity index is 1.49. The number of benzene rings is 1. The number of nitrogens with one attached hydrogen (secondary N) is 2. The Kier molecular flexibility index (Phi) is 7.28. The molecule has 4 rings (SSSR count). The van der Waals surface area contributed by atoms with Gasteiger partial charge in [-0.3, -0.25) is 18.6 Å². The monoisotopic (exact) mass is 504 g/mol. The highest BCUT2D eigenvalue weighted by Gasteiger charge is 2.31. The molecule has 8 nitrogen and oxygen atoms in total. The standard InChI is InChI=1S/C25H31F3N6O2/c1-4-9-33-22-20(23(35)34(10-5-2)24(33)36)30-21(31-22)18-13-29-32(15-18)14-16(3)11-17-7-6-8-19(12-17)25(26,27)28/h6-8,12-13,15-16,21,30-31H,4-5,9-11,14H2,1-3H3. The predicted molar refractivity (Wildman–Crippen MR) is 132 cm³/mol. The highest BCUT2D eigenvalue weighted by atomic mass is 19.4. The van der Waals surface area contributed by atoms with E-state index < -0.39 is 17.9 Å². The molecule has 0 aliphatic carbocycles. The van der Waals surface area contributed by atoms with Gasteiger partial charge in [0.2, 0.25) is 0 Å². The second-order valence-electron chi connectivity index (χ2n) is 9.34. The Bertz CT molecular complexity index is 1340. The number of hydrogen-bond donors (Lipinski definition) is 2. The van der Waals surface area contributed by atoms with Gasteiger partial charge < -0.3 is 10.6 Å². The average Bonchev–Trinajstić information content (AvgIpc) is 3.46. The van der Waals surface area contributed by atoms with Crippen LogP contribution in [0.15, 0.2) is 46.2 Å². The summed E-state index contributed by atoms with van der Waals surface area (Å²) in [5.74, 6) is 0.522. The zero-order chi connectivity index (χ0) is 26.0. The van der Waals surface area contributed by atoms with E-state index in [1.807, 2.05) is 27.0 Å². The van der Waals surface area contributed by atoms with E-state index in [1.54, 1.807) is 21.5 Å². The van der Waals surface area contributed by atoms with E-state index in [1.165, 1.54) is 16.7 Å². The highest BCUT2D eigenvalue weighted by molar-refractivity contribution is 5.70. The third-order valence-electron chi connectivity index (χ3n) is 6.22. The van der Waals surface area contributed by atoms with Gasteiger partial charge in [0, 0.05) is 31.4 Å². The summed E-state index contributed by atoms with van der Waals surface area (Å²) in [6.45, 7) is 7.20. The molecule has 0 saturated carbocycles. The first kappa shape index (κ1) is 25.6. The molecule has 0 fully saturated rings. The number of alkyl halides is 3.